The highest BCUT2D eigenvalue weighted by Gasteiger charge is 2.51. The minimum absolute atomic E-state index is 0.0638. The van der Waals surface area contributed by atoms with Crippen LogP contribution in [0.4, 0.5) is 13.2 Å². The highest BCUT2D eigenvalue weighted by Crippen LogP contribution is 2.42. The predicted octanol–water partition coefficient (Wildman–Crippen LogP) is -1.37. The maximum Gasteiger partial charge on any atom is 0.394 e. The third kappa shape index (κ3) is 6.92. The van der Waals surface area contributed by atoms with Crippen LogP contribution in [0.25, 0.3) is 0 Å². The van der Waals surface area contributed by atoms with Crippen molar-refractivity contribution in [2.45, 2.75) is 63.3 Å². The summed E-state index contributed by atoms with van der Waals surface area (Å²) in [6.45, 7) is 0.362. The molecule has 0 spiro atoms. The first-order chi connectivity index (χ1) is 18.3. The summed E-state index contributed by atoms with van der Waals surface area (Å²) in [4.78, 5) is 50.2. The van der Waals surface area contributed by atoms with Crippen LogP contribution in [0.1, 0.15) is 36.4 Å². The number of aryl methyl sites for hydroxylation is 1. The molecule has 4 rings (SSSR count). The Morgan fingerprint density at radius 1 is 0.949 bits per heavy atom. The normalized spacial score (nSPS) is 26.9. The molecule has 0 bridgehead atoms. The fourth-order valence-corrected chi connectivity index (χ4v) is 4.26. The molecule has 2 saturated heterocycles. The second-order valence-electron chi connectivity index (χ2n) is 9.04. The molecule has 2 aromatic rings. The maximum absolute atomic E-state index is 12.8. The monoisotopic (exact) mass is 566 g/mol. The molecule has 5 N–H and O–H groups in total. The Morgan fingerprint density at radius 2 is 1.49 bits per heavy atom. The Balaban J connectivity index is 0.000000216. The van der Waals surface area contributed by atoms with Gasteiger partial charge >= 0.3 is 17.6 Å². The third-order valence-corrected chi connectivity index (χ3v) is 6.33. The minimum atomic E-state index is -4.52. The van der Waals surface area contributed by atoms with Crippen LogP contribution in [0.2, 0.25) is 0 Å². The van der Waals surface area contributed by atoms with Gasteiger partial charge in [0.1, 0.15) is 18.6 Å². The number of rotatable bonds is 6. The van der Waals surface area contributed by atoms with E-state index in [-0.39, 0.29) is 30.8 Å². The van der Waals surface area contributed by atoms with Crippen LogP contribution in [0.5, 0.6) is 0 Å². The Kier molecular flexibility index (Phi) is 9.68. The first-order valence-electron chi connectivity index (χ1n) is 11.7. The van der Waals surface area contributed by atoms with E-state index in [1.54, 1.807) is 0 Å². The lowest BCUT2D eigenvalue weighted by atomic mass is 10.0. The van der Waals surface area contributed by atoms with Crippen LogP contribution in [-0.4, -0.2) is 79.2 Å². The van der Waals surface area contributed by atoms with Gasteiger partial charge in [-0.3, -0.25) is 28.7 Å². The molecule has 0 saturated carbocycles. The van der Waals surface area contributed by atoms with Crippen molar-refractivity contribution in [2.24, 2.45) is 5.92 Å². The topological polar surface area (TPSA) is 198 Å². The van der Waals surface area contributed by atoms with Crippen molar-refractivity contribution in [1.29, 1.82) is 0 Å². The lowest BCUT2D eigenvalue weighted by Gasteiger charge is -2.18. The summed E-state index contributed by atoms with van der Waals surface area (Å²) < 4.78 is 55.8. The van der Waals surface area contributed by atoms with Gasteiger partial charge in [-0.2, -0.15) is 13.2 Å². The van der Waals surface area contributed by atoms with Crippen molar-refractivity contribution in [1.82, 2.24) is 19.1 Å². The van der Waals surface area contributed by atoms with Crippen molar-refractivity contribution in [3.05, 3.63) is 65.2 Å². The predicted molar refractivity (Wildman–Crippen MR) is 125 cm³/mol. The average Bonchev–Trinajstić information content (AvgIpc) is 3.47. The molecule has 6 atom stereocenters. The first-order valence-corrected chi connectivity index (χ1v) is 11.7. The number of aromatic nitrogens is 4. The van der Waals surface area contributed by atoms with Gasteiger partial charge in [-0.05, 0) is 6.92 Å². The number of alkyl halides is 3. The number of aliphatic hydroxyl groups is 3. The molecule has 39 heavy (non-hydrogen) atoms. The Bertz CT molecular complexity index is 1370. The number of halogens is 3. The zero-order valence-electron chi connectivity index (χ0n) is 20.9. The van der Waals surface area contributed by atoms with E-state index >= 15 is 0 Å². The number of nitrogens with zero attached hydrogens (tertiary/aromatic N) is 2. The lowest BCUT2D eigenvalue weighted by molar-refractivity contribution is -0.190. The summed E-state index contributed by atoms with van der Waals surface area (Å²) in [5.41, 5.74) is -2.11. The van der Waals surface area contributed by atoms with Crippen LogP contribution in [0, 0.1) is 12.8 Å². The van der Waals surface area contributed by atoms with Gasteiger partial charge in [-0.1, -0.05) is 0 Å². The van der Waals surface area contributed by atoms with Crippen molar-refractivity contribution in [3.63, 3.8) is 0 Å². The molecule has 4 heterocycles. The summed E-state index contributed by atoms with van der Waals surface area (Å²) >= 11 is 0. The van der Waals surface area contributed by atoms with Gasteiger partial charge in [0.05, 0.1) is 43.5 Å². The largest absolute Gasteiger partial charge is 0.394 e. The van der Waals surface area contributed by atoms with Gasteiger partial charge in [-0.25, -0.2) is 9.59 Å². The fraction of sp³-hybridized carbons (Fsp3) is 0.636. The van der Waals surface area contributed by atoms with Gasteiger partial charge in [0.2, 0.25) is 0 Å². The number of aliphatic hydroxyl groups excluding tert-OH is 3. The molecular weight excluding hydrogens is 537 g/mol. The van der Waals surface area contributed by atoms with Gasteiger partial charge in [0.15, 0.2) is 0 Å². The van der Waals surface area contributed by atoms with Gasteiger partial charge in [0, 0.05) is 37.9 Å². The number of aromatic amines is 2. The SMILES string of the molecule is COCc1cn([C@H]2C[C@H](O)[C@@H](CO)O2)c(=O)[nH]c1=O.Cc1cn([C@H]2C[C@H](C(F)(F)F)[C@@H](CO)O2)c(=O)[nH]c1=O. The highest BCUT2D eigenvalue weighted by molar-refractivity contribution is 5.04. The highest BCUT2D eigenvalue weighted by atomic mass is 19.4. The van der Waals surface area contributed by atoms with E-state index in [1.165, 1.54) is 24.8 Å². The summed E-state index contributed by atoms with van der Waals surface area (Å²) in [5, 5.41) is 27.6. The number of hydrogen-bond acceptors (Lipinski definition) is 10. The molecule has 2 fully saturated rings. The van der Waals surface area contributed by atoms with Gasteiger partial charge in [-0.15, -0.1) is 0 Å². The van der Waals surface area contributed by atoms with E-state index in [9.17, 15) is 37.5 Å². The van der Waals surface area contributed by atoms with Gasteiger partial charge in [0.25, 0.3) is 11.1 Å². The number of hydrogen-bond donors (Lipinski definition) is 5. The Morgan fingerprint density at radius 3 is 2.00 bits per heavy atom. The van der Waals surface area contributed by atoms with E-state index < -0.39 is 78.4 Å². The van der Waals surface area contributed by atoms with E-state index in [0.29, 0.717) is 0 Å². The van der Waals surface area contributed by atoms with Crippen molar-refractivity contribution >= 4 is 0 Å². The zero-order valence-corrected chi connectivity index (χ0v) is 20.9. The minimum Gasteiger partial charge on any atom is -0.394 e. The molecule has 0 aromatic carbocycles. The molecule has 0 amide bonds. The van der Waals surface area contributed by atoms with Crippen LogP contribution >= 0.6 is 0 Å². The molecule has 2 aliphatic rings. The molecule has 17 heteroatoms. The molecule has 0 radical (unpaired) electrons. The fourth-order valence-electron chi connectivity index (χ4n) is 4.26. The molecule has 0 aliphatic carbocycles. The molecule has 2 aromatic heterocycles. The first kappa shape index (κ1) is 30.5. The van der Waals surface area contributed by atoms with E-state index in [4.69, 9.17) is 24.4 Å². The number of H-pyrrole nitrogens is 2. The Hall–Kier alpha value is -3.09. The molecule has 0 unspecified atom stereocenters. The number of nitrogens with one attached hydrogen (secondary N) is 2. The second kappa shape index (κ2) is 12.4. The number of methoxy groups -OCH3 is 1. The van der Waals surface area contributed by atoms with Crippen LogP contribution < -0.4 is 22.5 Å². The van der Waals surface area contributed by atoms with Crippen LogP contribution in [0.3, 0.4) is 0 Å². The summed E-state index contributed by atoms with van der Waals surface area (Å²) in [7, 11) is 1.44. The lowest BCUT2D eigenvalue weighted by Crippen LogP contribution is -2.34. The van der Waals surface area contributed by atoms with E-state index in [2.05, 4.69) is 4.98 Å². The summed E-state index contributed by atoms with van der Waals surface area (Å²) in [5.74, 6) is -1.85. The molecule has 218 valence electrons. The quantitative estimate of drug-likeness (QED) is 0.278. The average molecular weight is 566 g/mol. The maximum atomic E-state index is 12.8. The van der Waals surface area contributed by atoms with Crippen molar-refractivity contribution in [3.8, 4) is 0 Å². The van der Waals surface area contributed by atoms with Crippen LogP contribution in [-0.2, 0) is 20.8 Å². The summed E-state index contributed by atoms with van der Waals surface area (Å²) in [6, 6.07) is 0. The Labute approximate surface area is 217 Å². The zero-order chi connectivity index (χ0) is 29.1. The standard InChI is InChI=1S/C11H13F3N2O4.C11H16N2O6/c1-5-3-16(10(19)15-9(5)18)8-2-6(11(12,13)14)7(4-17)20-8;1-18-5-6-3-13(11(17)12-10(6)16)9-2-7(15)8(4-14)19-9/h3,6-8,17H,2,4H2,1H3,(H,15,18,19);3,7-9,14-15H,2,4-5H2,1H3,(H,12,16,17)/t6-,7+,8+;7-,8+,9+/m00/s1. The number of ether oxygens (including phenoxy) is 3. The van der Waals surface area contributed by atoms with Crippen LogP contribution in [0.15, 0.2) is 31.6 Å². The van der Waals surface area contributed by atoms with Crippen molar-refractivity contribution < 1.29 is 42.7 Å². The molecule has 2 aliphatic heterocycles. The second-order valence-corrected chi connectivity index (χ2v) is 9.04. The van der Waals surface area contributed by atoms with Gasteiger partial charge < -0.3 is 29.5 Å². The van der Waals surface area contributed by atoms with E-state index in [0.717, 1.165) is 10.8 Å². The van der Waals surface area contributed by atoms with E-state index in [1.807, 2.05) is 4.98 Å². The smallest absolute Gasteiger partial charge is 0.394 e. The molecule has 14 nitrogen and oxygen atoms in total. The molecular formula is C22H29F3N4O10. The third-order valence-electron chi connectivity index (χ3n) is 6.33. The van der Waals surface area contributed by atoms with Crippen molar-refractivity contribution in [2.75, 3.05) is 20.3 Å². The summed E-state index contributed by atoms with van der Waals surface area (Å²) in [6.07, 6.45) is -7.21.